The normalized spacial score (nSPS) is 13.0. The van der Waals surface area contributed by atoms with Crippen molar-refractivity contribution in [2.75, 3.05) is 0 Å². The zero-order valence-electron chi connectivity index (χ0n) is 14.2. The molecule has 0 unspecified atom stereocenters. The number of rotatable bonds is 4. The molecule has 2 heterocycles. The Balaban J connectivity index is 1.67. The number of hydrogen-bond donors (Lipinski definition) is 0. The van der Waals surface area contributed by atoms with Gasteiger partial charge in [-0.1, -0.05) is 29.8 Å². The second-order valence-corrected chi connectivity index (χ2v) is 6.60. The fourth-order valence-electron chi connectivity index (χ4n) is 3.52. The predicted molar refractivity (Wildman–Crippen MR) is 95.3 cm³/mol. The molecule has 3 aromatic rings. The Kier molecular flexibility index (Phi) is 3.84. The van der Waals surface area contributed by atoms with Gasteiger partial charge in [0.1, 0.15) is 12.7 Å². The summed E-state index contributed by atoms with van der Waals surface area (Å²) in [6.07, 6.45) is 4.44. The molecular weight excluding hydrogens is 314 g/mol. The number of nitrogens with zero attached hydrogens (tertiary/aromatic N) is 3. The standard InChI is InChI=1S/C20H20N3O2/c1-15-4-8-17(9-5-15)19-14-21(20-3-2-12-22(19)20)13-16-6-10-18(11-7-16)23(24)25/h4-11,14H,2-3,12-13H2,1H3/q+1. The van der Waals surface area contributed by atoms with E-state index in [9.17, 15) is 10.1 Å². The molecule has 126 valence electrons. The molecule has 0 fully saturated rings. The predicted octanol–water partition coefficient (Wildman–Crippen LogP) is 3.65. The third-order valence-corrected chi connectivity index (χ3v) is 4.84. The summed E-state index contributed by atoms with van der Waals surface area (Å²) in [5.74, 6) is 1.33. The minimum atomic E-state index is -0.359. The molecule has 0 amide bonds. The molecule has 25 heavy (non-hydrogen) atoms. The largest absolute Gasteiger partial charge is 0.269 e. The maximum atomic E-state index is 10.8. The second-order valence-electron chi connectivity index (χ2n) is 6.60. The molecule has 0 radical (unpaired) electrons. The van der Waals surface area contributed by atoms with Crippen LogP contribution in [0.4, 0.5) is 5.69 Å². The lowest BCUT2D eigenvalue weighted by molar-refractivity contribution is -0.694. The van der Waals surface area contributed by atoms with E-state index in [1.54, 1.807) is 12.1 Å². The highest BCUT2D eigenvalue weighted by atomic mass is 16.6. The van der Waals surface area contributed by atoms with Crippen molar-refractivity contribution in [2.24, 2.45) is 0 Å². The van der Waals surface area contributed by atoms with E-state index in [2.05, 4.69) is 46.5 Å². The number of fused-ring (bicyclic) bond motifs is 1. The van der Waals surface area contributed by atoms with Crippen molar-refractivity contribution in [3.8, 4) is 11.3 Å². The maximum absolute atomic E-state index is 10.8. The number of nitro groups is 1. The van der Waals surface area contributed by atoms with Crippen LogP contribution in [0, 0.1) is 17.0 Å². The van der Waals surface area contributed by atoms with Gasteiger partial charge in [0.15, 0.2) is 5.69 Å². The SMILES string of the molecule is Cc1ccc(-c2c[n+](Cc3ccc([N+](=O)[O-])cc3)c3n2CCC3)cc1. The lowest BCUT2D eigenvalue weighted by Crippen LogP contribution is -2.36. The van der Waals surface area contributed by atoms with Gasteiger partial charge in [0.05, 0.1) is 17.9 Å². The molecule has 1 aromatic heterocycles. The van der Waals surface area contributed by atoms with Gasteiger partial charge in [-0.3, -0.25) is 10.1 Å². The molecule has 4 rings (SSSR count). The van der Waals surface area contributed by atoms with Gasteiger partial charge in [-0.05, 0) is 31.0 Å². The minimum Gasteiger partial charge on any atom is -0.258 e. The minimum absolute atomic E-state index is 0.135. The van der Waals surface area contributed by atoms with Gasteiger partial charge >= 0.3 is 0 Å². The van der Waals surface area contributed by atoms with Crippen LogP contribution in [0.5, 0.6) is 0 Å². The van der Waals surface area contributed by atoms with E-state index in [1.165, 1.54) is 22.6 Å². The fourth-order valence-corrected chi connectivity index (χ4v) is 3.52. The molecule has 0 N–H and O–H groups in total. The molecule has 1 aliphatic heterocycles. The number of imidazole rings is 1. The second kappa shape index (κ2) is 6.16. The third kappa shape index (κ3) is 2.93. The number of benzene rings is 2. The van der Waals surface area contributed by atoms with Crippen LogP contribution in [0.2, 0.25) is 0 Å². The summed E-state index contributed by atoms with van der Waals surface area (Å²) in [5.41, 5.74) is 4.95. The first-order valence-corrected chi connectivity index (χ1v) is 8.54. The molecule has 5 heteroatoms. The highest BCUT2D eigenvalue weighted by Crippen LogP contribution is 2.25. The average Bonchev–Trinajstić information content (AvgIpc) is 3.20. The van der Waals surface area contributed by atoms with Crippen molar-refractivity contribution < 1.29 is 9.49 Å². The first kappa shape index (κ1) is 15.6. The highest BCUT2D eigenvalue weighted by Gasteiger charge is 2.28. The van der Waals surface area contributed by atoms with Crippen LogP contribution in [0.1, 0.15) is 23.4 Å². The zero-order chi connectivity index (χ0) is 17.4. The van der Waals surface area contributed by atoms with Gasteiger partial charge in [0, 0.05) is 17.7 Å². The number of nitro benzene ring substituents is 1. The summed E-state index contributed by atoms with van der Waals surface area (Å²) in [7, 11) is 0. The Hall–Kier alpha value is -2.95. The van der Waals surface area contributed by atoms with Crippen molar-refractivity contribution in [3.05, 3.63) is 81.8 Å². The Bertz CT molecular complexity index is 925. The van der Waals surface area contributed by atoms with Gasteiger partial charge in [-0.25, -0.2) is 9.13 Å². The topological polar surface area (TPSA) is 51.9 Å². The molecule has 2 aromatic carbocycles. The first-order valence-electron chi connectivity index (χ1n) is 8.54. The summed E-state index contributed by atoms with van der Waals surface area (Å²) in [6, 6.07) is 15.5. The van der Waals surface area contributed by atoms with Crippen LogP contribution < -0.4 is 4.57 Å². The Morgan fingerprint density at radius 3 is 2.52 bits per heavy atom. The summed E-state index contributed by atoms with van der Waals surface area (Å²) in [6.45, 7) is 3.88. The van der Waals surface area contributed by atoms with Crippen molar-refractivity contribution in [3.63, 3.8) is 0 Å². The van der Waals surface area contributed by atoms with Crippen LogP contribution in [-0.2, 0) is 19.5 Å². The van der Waals surface area contributed by atoms with Crippen molar-refractivity contribution in [1.82, 2.24) is 4.57 Å². The van der Waals surface area contributed by atoms with E-state index in [0.29, 0.717) is 0 Å². The Labute approximate surface area is 146 Å². The third-order valence-electron chi connectivity index (χ3n) is 4.84. The first-order chi connectivity index (χ1) is 12.1. The van der Waals surface area contributed by atoms with E-state index in [0.717, 1.165) is 31.5 Å². The summed E-state index contributed by atoms with van der Waals surface area (Å²) in [5, 5.41) is 10.8. The number of aryl methyl sites for hydroxylation is 1. The van der Waals surface area contributed by atoms with Gasteiger partial charge in [0.2, 0.25) is 0 Å². The van der Waals surface area contributed by atoms with Gasteiger partial charge in [-0.2, -0.15) is 0 Å². The summed E-state index contributed by atoms with van der Waals surface area (Å²) < 4.78 is 4.68. The van der Waals surface area contributed by atoms with Crippen LogP contribution >= 0.6 is 0 Å². The van der Waals surface area contributed by atoms with E-state index in [1.807, 2.05) is 12.1 Å². The number of hydrogen-bond acceptors (Lipinski definition) is 2. The van der Waals surface area contributed by atoms with Gasteiger partial charge in [-0.15, -0.1) is 0 Å². The molecule has 0 spiro atoms. The molecule has 0 atom stereocenters. The van der Waals surface area contributed by atoms with E-state index in [-0.39, 0.29) is 10.6 Å². The van der Waals surface area contributed by atoms with Crippen LogP contribution in [0.25, 0.3) is 11.3 Å². The van der Waals surface area contributed by atoms with Crippen LogP contribution in [0.15, 0.2) is 54.7 Å². The van der Waals surface area contributed by atoms with Gasteiger partial charge < -0.3 is 0 Å². The molecule has 0 saturated heterocycles. The highest BCUT2D eigenvalue weighted by molar-refractivity contribution is 5.59. The summed E-state index contributed by atoms with van der Waals surface area (Å²) in [4.78, 5) is 10.4. The van der Waals surface area contributed by atoms with Crippen molar-refractivity contribution in [2.45, 2.75) is 32.9 Å². The monoisotopic (exact) mass is 334 g/mol. The number of aromatic nitrogens is 2. The van der Waals surface area contributed by atoms with Crippen molar-refractivity contribution >= 4 is 5.69 Å². The van der Waals surface area contributed by atoms with Gasteiger partial charge in [0.25, 0.3) is 11.5 Å². The molecular formula is C20H20N3O2+. The molecule has 0 aliphatic carbocycles. The molecule has 5 nitrogen and oxygen atoms in total. The lowest BCUT2D eigenvalue weighted by Gasteiger charge is -2.00. The van der Waals surface area contributed by atoms with Crippen LogP contribution in [0.3, 0.4) is 0 Å². The molecule has 1 aliphatic rings. The quantitative estimate of drug-likeness (QED) is 0.415. The zero-order valence-corrected chi connectivity index (χ0v) is 14.2. The van der Waals surface area contributed by atoms with Crippen LogP contribution in [-0.4, -0.2) is 9.49 Å². The smallest absolute Gasteiger partial charge is 0.258 e. The average molecular weight is 334 g/mol. The number of non-ortho nitro benzene ring substituents is 1. The molecule has 0 bridgehead atoms. The van der Waals surface area contributed by atoms with E-state index in [4.69, 9.17) is 0 Å². The van der Waals surface area contributed by atoms with E-state index >= 15 is 0 Å². The maximum Gasteiger partial charge on any atom is 0.269 e. The lowest BCUT2D eigenvalue weighted by atomic mass is 10.1. The summed E-state index contributed by atoms with van der Waals surface area (Å²) >= 11 is 0. The fraction of sp³-hybridized carbons (Fsp3) is 0.250. The van der Waals surface area contributed by atoms with Crippen molar-refractivity contribution in [1.29, 1.82) is 0 Å². The Morgan fingerprint density at radius 2 is 1.84 bits per heavy atom. The molecule has 0 saturated carbocycles. The van der Waals surface area contributed by atoms with E-state index < -0.39 is 0 Å². The Morgan fingerprint density at radius 1 is 1.12 bits per heavy atom.